The fraction of sp³-hybridized carbons (Fsp3) is 0. The largest absolute Gasteiger partial charge is 0.289 e. The average molecular weight is 275 g/mol. The molecule has 0 aliphatic heterocycles. The summed E-state index contributed by atoms with van der Waals surface area (Å²) in [6.07, 6.45) is 0. The monoisotopic (exact) mass is 274 g/mol. The van der Waals surface area contributed by atoms with Crippen LogP contribution in [0.4, 0.5) is 0 Å². The van der Waals surface area contributed by atoms with E-state index >= 15 is 0 Å². The SMILES string of the molecule is C=C1c2ccc(Cl)cc2C(=O)c2cc(Cl)ccc21. The predicted molar refractivity (Wildman–Crippen MR) is 74.5 cm³/mol. The third-order valence-corrected chi connectivity index (χ3v) is 3.57. The van der Waals surface area contributed by atoms with Gasteiger partial charge in [0.25, 0.3) is 0 Å². The maximum atomic E-state index is 12.4. The molecule has 0 spiro atoms. The quantitative estimate of drug-likeness (QED) is 0.586. The first kappa shape index (κ1) is 11.5. The normalized spacial score (nSPS) is 13.2. The van der Waals surface area contributed by atoms with Crippen LogP contribution in [-0.2, 0) is 0 Å². The van der Waals surface area contributed by atoms with E-state index in [9.17, 15) is 4.79 Å². The third kappa shape index (κ3) is 1.59. The molecule has 0 N–H and O–H groups in total. The van der Waals surface area contributed by atoms with Gasteiger partial charge in [0.15, 0.2) is 5.78 Å². The van der Waals surface area contributed by atoms with Crippen LogP contribution in [0.1, 0.15) is 27.0 Å². The van der Waals surface area contributed by atoms with E-state index in [2.05, 4.69) is 6.58 Å². The van der Waals surface area contributed by atoms with E-state index < -0.39 is 0 Å². The lowest BCUT2D eigenvalue weighted by atomic mass is 9.82. The Morgan fingerprint density at radius 1 is 0.778 bits per heavy atom. The standard InChI is InChI=1S/C15H8Cl2O/c1-8-11-4-2-9(16)6-13(11)15(18)14-7-10(17)3-5-12(8)14/h2-7H,1H2. The average Bonchev–Trinajstić information content (AvgIpc) is 2.35. The number of fused-ring (bicyclic) bond motifs is 2. The Morgan fingerprint density at radius 3 is 1.67 bits per heavy atom. The molecule has 0 bridgehead atoms. The number of carbonyl (C=O) groups excluding carboxylic acids is 1. The summed E-state index contributed by atoms with van der Waals surface area (Å²) < 4.78 is 0. The summed E-state index contributed by atoms with van der Waals surface area (Å²) in [4.78, 5) is 12.4. The predicted octanol–water partition coefficient (Wildman–Crippen LogP) is 4.60. The molecule has 2 aromatic rings. The zero-order chi connectivity index (χ0) is 12.9. The van der Waals surface area contributed by atoms with Crippen molar-refractivity contribution in [2.75, 3.05) is 0 Å². The van der Waals surface area contributed by atoms with Gasteiger partial charge in [-0.1, -0.05) is 41.9 Å². The Hall–Kier alpha value is -1.57. The van der Waals surface area contributed by atoms with Crippen LogP contribution in [0.3, 0.4) is 0 Å². The van der Waals surface area contributed by atoms with Gasteiger partial charge in [0.2, 0.25) is 0 Å². The van der Waals surface area contributed by atoms with Crippen LogP contribution < -0.4 is 0 Å². The van der Waals surface area contributed by atoms with Gasteiger partial charge in [0.05, 0.1) is 0 Å². The number of ketones is 1. The van der Waals surface area contributed by atoms with Crippen molar-refractivity contribution >= 4 is 34.6 Å². The number of carbonyl (C=O) groups is 1. The number of hydrogen-bond acceptors (Lipinski definition) is 1. The molecule has 3 heteroatoms. The summed E-state index contributed by atoms with van der Waals surface area (Å²) in [5.74, 6) is -0.0580. The summed E-state index contributed by atoms with van der Waals surface area (Å²) in [6.45, 7) is 4.05. The van der Waals surface area contributed by atoms with Gasteiger partial charge in [-0.2, -0.15) is 0 Å². The van der Waals surface area contributed by atoms with Crippen LogP contribution in [-0.4, -0.2) is 5.78 Å². The van der Waals surface area contributed by atoms with Crippen LogP contribution in [0, 0.1) is 0 Å². The van der Waals surface area contributed by atoms with E-state index in [4.69, 9.17) is 23.2 Å². The summed E-state index contributed by atoms with van der Waals surface area (Å²) >= 11 is 11.9. The summed E-state index contributed by atoms with van der Waals surface area (Å²) in [7, 11) is 0. The molecular formula is C15H8Cl2O. The van der Waals surface area contributed by atoms with Gasteiger partial charge in [-0.3, -0.25) is 4.79 Å². The Balaban J connectivity index is 2.32. The molecule has 1 aliphatic carbocycles. The lowest BCUT2D eigenvalue weighted by molar-refractivity contribution is 0.103. The fourth-order valence-corrected chi connectivity index (χ4v) is 2.57. The topological polar surface area (TPSA) is 17.1 Å². The van der Waals surface area contributed by atoms with Gasteiger partial charge in [-0.05, 0) is 41.0 Å². The van der Waals surface area contributed by atoms with E-state index in [1.807, 2.05) is 12.1 Å². The molecule has 0 radical (unpaired) electrons. The fourth-order valence-electron chi connectivity index (χ4n) is 2.23. The van der Waals surface area contributed by atoms with Crippen LogP contribution >= 0.6 is 23.2 Å². The second kappa shape index (κ2) is 3.98. The van der Waals surface area contributed by atoms with Crippen molar-refractivity contribution in [1.29, 1.82) is 0 Å². The molecule has 0 saturated carbocycles. The van der Waals surface area contributed by atoms with E-state index in [-0.39, 0.29) is 5.78 Å². The molecule has 88 valence electrons. The van der Waals surface area contributed by atoms with Crippen molar-refractivity contribution in [3.8, 4) is 0 Å². The second-order valence-electron chi connectivity index (χ2n) is 4.19. The summed E-state index contributed by atoms with van der Waals surface area (Å²) in [5.41, 5.74) is 3.66. The highest BCUT2D eigenvalue weighted by Gasteiger charge is 2.26. The second-order valence-corrected chi connectivity index (χ2v) is 5.06. The van der Waals surface area contributed by atoms with Gasteiger partial charge >= 0.3 is 0 Å². The first-order chi connectivity index (χ1) is 8.58. The van der Waals surface area contributed by atoms with Crippen molar-refractivity contribution in [2.24, 2.45) is 0 Å². The molecule has 0 amide bonds. The smallest absolute Gasteiger partial charge is 0.194 e. The molecule has 2 aromatic carbocycles. The molecule has 3 rings (SSSR count). The highest BCUT2D eigenvalue weighted by Crippen LogP contribution is 2.36. The van der Waals surface area contributed by atoms with Gasteiger partial charge in [0.1, 0.15) is 0 Å². The van der Waals surface area contributed by atoms with Gasteiger partial charge in [-0.15, -0.1) is 0 Å². The van der Waals surface area contributed by atoms with E-state index in [1.165, 1.54) is 0 Å². The maximum absolute atomic E-state index is 12.4. The molecule has 0 saturated heterocycles. The summed E-state index contributed by atoms with van der Waals surface area (Å²) in [6, 6.07) is 10.5. The first-order valence-electron chi connectivity index (χ1n) is 5.41. The molecule has 0 unspecified atom stereocenters. The molecule has 0 heterocycles. The molecule has 1 aliphatic rings. The Bertz CT molecular complexity index is 644. The maximum Gasteiger partial charge on any atom is 0.194 e. The lowest BCUT2D eigenvalue weighted by Gasteiger charge is -2.21. The van der Waals surface area contributed by atoms with Crippen LogP contribution in [0.25, 0.3) is 5.57 Å². The van der Waals surface area contributed by atoms with E-state index in [0.29, 0.717) is 21.2 Å². The van der Waals surface area contributed by atoms with Crippen LogP contribution in [0.2, 0.25) is 10.0 Å². The highest BCUT2D eigenvalue weighted by atomic mass is 35.5. The third-order valence-electron chi connectivity index (χ3n) is 3.10. The van der Waals surface area contributed by atoms with Gasteiger partial charge in [-0.25, -0.2) is 0 Å². The molecule has 0 aromatic heterocycles. The minimum absolute atomic E-state index is 0.0580. The van der Waals surface area contributed by atoms with Crippen molar-refractivity contribution in [1.82, 2.24) is 0 Å². The molecule has 18 heavy (non-hydrogen) atoms. The number of benzene rings is 2. The van der Waals surface area contributed by atoms with Crippen LogP contribution in [0.15, 0.2) is 43.0 Å². The Morgan fingerprint density at radius 2 is 1.22 bits per heavy atom. The molecule has 0 fully saturated rings. The van der Waals surface area contributed by atoms with Crippen molar-refractivity contribution < 1.29 is 4.79 Å². The van der Waals surface area contributed by atoms with Gasteiger partial charge < -0.3 is 0 Å². The number of halogens is 2. The Labute approximate surface area is 115 Å². The molecular weight excluding hydrogens is 267 g/mol. The zero-order valence-electron chi connectivity index (χ0n) is 9.34. The first-order valence-corrected chi connectivity index (χ1v) is 6.17. The van der Waals surface area contributed by atoms with Crippen LogP contribution in [0.5, 0.6) is 0 Å². The minimum Gasteiger partial charge on any atom is -0.289 e. The van der Waals surface area contributed by atoms with E-state index in [0.717, 1.165) is 16.7 Å². The highest BCUT2D eigenvalue weighted by molar-refractivity contribution is 6.33. The molecule has 1 nitrogen and oxygen atoms in total. The minimum atomic E-state index is -0.0580. The van der Waals surface area contributed by atoms with Crippen molar-refractivity contribution in [3.63, 3.8) is 0 Å². The zero-order valence-corrected chi connectivity index (χ0v) is 10.8. The Kier molecular flexibility index (Phi) is 2.54. The summed E-state index contributed by atoms with van der Waals surface area (Å²) in [5, 5.41) is 1.08. The van der Waals surface area contributed by atoms with Gasteiger partial charge in [0, 0.05) is 21.2 Å². The van der Waals surface area contributed by atoms with Crippen molar-refractivity contribution in [2.45, 2.75) is 0 Å². The van der Waals surface area contributed by atoms with E-state index in [1.54, 1.807) is 24.3 Å². The molecule has 0 atom stereocenters. The lowest BCUT2D eigenvalue weighted by Crippen LogP contribution is -2.13. The number of rotatable bonds is 0. The van der Waals surface area contributed by atoms with Crippen molar-refractivity contribution in [3.05, 3.63) is 75.3 Å². The number of hydrogen-bond donors (Lipinski definition) is 0.